The number of rotatable bonds is 7. The minimum absolute atomic E-state index is 0.0245. The summed E-state index contributed by atoms with van der Waals surface area (Å²) in [6.45, 7) is 8.08. The molecule has 1 aliphatic heterocycles. The van der Waals surface area contributed by atoms with Crippen molar-refractivity contribution >= 4 is 11.7 Å². The van der Waals surface area contributed by atoms with Gasteiger partial charge in [-0.25, -0.2) is 0 Å². The molecule has 0 atom stereocenters. The maximum Gasteiger partial charge on any atom is 0.220 e. The molecule has 1 aromatic carbocycles. The number of carbonyl (C=O) groups excluding carboxylic acids is 2. The topological polar surface area (TPSA) is 75.6 Å². The number of amides is 1. The largest absolute Gasteiger partial charge is 0.396 e. The van der Waals surface area contributed by atoms with Gasteiger partial charge in [0.1, 0.15) is 0 Å². The molecule has 1 aromatic rings. The Kier molecular flexibility index (Phi) is 6.95. The van der Waals surface area contributed by atoms with Crippen LogP contribution in [-0.4, -0.2) is 43.2 Å². The van der Waals surface area contributed by atoms with Crippen LogP contribution < -0.4 is 5.32 Å². The number of hydrogen-bond donors (Lipinski definition) is 2. The third kappa shape index (κ3) is 5.64. The SMILES string of the molecule is CC(C)(C)c1ccc(C(=O)CCC(=O)NCC2(CO)CCOCC2)cc1. The van der Waals surface area contributed by atoms with Gasteiger partial charge in [0.15, 0.2) is 5.78 Å². The number of Topliss-reactive ketones (excluding diaryl/α,β-unsaturated/α-hetero) is 1. The second-order valence-corrected chi connectivity index (χ2v) is 8.30. The van der Waals surface area contributed by atoms with E-state index in [1.807, 2.05) is 24.3 Å². The Morgan fingerprint density at radius 1 is 1.12 bits per heavy atom. The van der Waals surface area contributed by atoms with Gasteiger partial charge in [0.25, 0.3) is 0 Å². The van der Waals surface area contributed by atoms with Gasteiger partial charge in [-0.3, -0.25) is 9.59 Å². The van der Waals surface area contributed by atoms with Crippen LogP contribution in [0, 0.1) is 5.41 Å². The van der Waals surface area contributed by atoms with E-state index in [0.717, 1.165) is 12.8 Å². The number of aliphatic hydroxyl groups is 1. The molecule has 0 spiro atoms. The van der Waals surface area contributed by atoms with Gasteiger partial charge < -0.3 is 15.2 Å². The van der Waals surface area contributed by atoms with Gasteiger partial charge in [-0.1, -0.05) is 45.0 Å². The van der Waals surface area contributed by atoms with Crippen molar-refractivity contribution in [1.82, 2.24) is 5.32 Å². The molecule has 0 bridgehead atoms. The number of aliphatic hydroxyl groups excluding tert-OH is 1. The molecule has 2 rings (SSSR count). The molecule has 0 aliphatic carbocycles. The molecule has 0 aromatic heterocycles. The van der Waals surface area contributed by atoms with Gasteiger partial charge in [0.05, 0.1) is 6.61 Å². The number of carbonyl (C=O) groups is 2. The minimum atomic E-state index is -0.291. The van der Waals surface area contributed by atoms with Gasteiger partial charge in [-0.2, -0.15) is 0 Å². The second-order valence-electron chi connectivity index (χ2n) is 8.30. The lowest BCUT2D eigenvalue weighted by molar-refractivity contribution is -0.122. The van der Waals surface area contributed by atoms with Crippen molar-refractivity contribution in [3.05, 3.63) is 35.4 Å². The number of hydrogen-bond acceptors (Lipinski definition) is 4. The summed E-state index contributed by atoms with van der Waals surface area (Å²) in [4.78, 5) is 24.4. The summed E-state index contributed by atoms with van der Waals surface area (Å²) < 4.78 is 5.32. The van der Waals surface area contributed by atoms with Crippen molar-refractivity contribution in [2.75, 3.05) is 26.4 Å². The molecule has 0 unspecified atom stereocenters. The highest BCUT2D eigenvalue weighted by Crippen LogP contribution is 2.29. The third-order valence-electron chi connectivity index (χ3n) is 5.20. The highest BCUT2D eigenvalue weighted by atomic mass is 16.5. The van der Waals surface area contributed by atoms with Crippen LogP contribution in [0.15, 0.2) is 24.3 Å². The molecule has 1 amide bonds. The van der Waals surface area contributed by atoms with E-state index in [4.69, 9.17) is 4.74 Å². The predicted octanol–water partition coefficient (Wildman–Crippen LogP) is 2.85. The zero-order valence-corrected chi connectivity index (χ0v) is 16.1. The summed E-state index contributed by atoms with van der Waals surface area (Å²) in [5.74, 6) is -0.174. The number of nitrogens with one attached hydrogen (secondary N) is 1. The van der Waals surface area contributed by atoms with Crippen molar-refractivity contribution in [1.29, 1.82) is 0 Å². The van der Waals surface area contributed by atoms with Gasteiger partial charge in [-0.15, -0.1) is 0 Å². The summed E-state index contributed by atoms with van der Waals surface area (Å²) in [6, 6.07) is 7.63. The smallest absolute Gasteiger partial charge is 0.220 e. The first-order chi connectivity index (χ1) is 12.3. The van der Waals surface area contributed by atoms with Crippen LogP contribution in [-0.2, 0) is 14.9 Å². The fourth-order valence-electron chi connectivity index (χ4n) is 3.10. The maximum absolute atomic E-state index is 12.3. The van der Waals surface area contributed by atoms with E-state index in [9.17, 15) is 14.7 Å². The zero-order valence-electron chi connectivity index (χ0n) is 16.1. The monoisotopic (exact) mass is 361 g/mol. The Morgan fingerprint density at radius 2 is 1.73 bits per heavy atom. The summed E-state index contributed by atoms with van der Waals surface area (Å²) in [5, 5.41) is 12.5. The molecule has 0 saturated carbocycles. The molecule has 26 heavy (non-hydrogen) atoms. The molecule has 1 heterocycles. The maximum atomic E-state index is 12.3. The van der Waals surface area contributed by atoms with Crippen LogP contribution in [0.3, 0.4) is 0 Å². The Labute approximate surface area is 156 Å². The number of ketones is 1. The molecule has 1 saturated heterocycles. The quantitative estimate of drug-likeness (QED) is 0.732. The normalized spacial score (nSPS) is 16.9. The van der Waals surface area contributed by atoms with E-state index in [1.54, 1.807) is 0 Å². The van der Waals surface area contributed by atoms with Crippen molar-refractivity contribution in [2.45, 2.75) is 51.9 Å². The van der Waals surface area contributed by atoms with Crippen LogP contribution in [0.4, 0.5) is 0 Å². The van der Waals surface area contributed by atoms with Crippen LogP contribution in [0.1, 0.15) is 62.4 Å². The highest BCUT2D eigenvalue weighted by Gasteiger charge is 2.32. The van der Waals surface area contributed by atoms with Crippen molar-refractivity contribution in [3.8, 4) is 0 Å². The third-order valence-corrected chi connectivity index (χ3v) is 5.20. The van der Waals surface area contributed by atoms with E-state index >= 15 is 0 Å². The van der Waals surface area contributed by atoms with E-state index in [0.29, 0.717) is 25.3 Å². The second kappa shape index (κ2) is 8.78. The van der Waals surface area contributed by atoms with E-state index in [1.165, 1.54) is 5.56 Å². The summed E-state index contributed by atoms with van der Waals surface area (Å²) >= 11 is 0. The summed E-state index contributed by atoms with van der Waals surface area (Å²) in [5.41, 5.74) is 1.58. The Bertz CT molecular complexity index is 610. The average molecular weight is 361 g/mol. The predicted molar refractivity (Wildman–Crippen MR) is 101 cm³/mol. The van der Waals surface area contributed by atoms with Crippen LogP contribution in [0.25, 0.3) is 0 Å². The van der Waals surface area contributed by atoms with Gasteiger partial charge in [-0.05, 0) is 23.8 Å². The Hall–Kier alpha value is -1.72. The summed E-state index contributed by atoms with van der Waals surface area (Å²) in [7, 11) is 0. The molecule has 144 valence electrons. The fourth-order valence-corrected chi connectivity index (χ4v) is 3.10. The van der Waals surface area contributed by atoms with Crippen LogP contribution in [0.2, 0.25) is 0 Å². The molecular weight excluding hydrogens is 330 g/mol. The minimum Gasteiger partial charge on any atom is -0.396 e. The van der Waals surface area contributed by atoms with Gasteiger partial charge in [0, 0.05) is 43.6 Å². The molecule has 2 N–H and O–H groups in total. The lowest BCUT2D eigenvalue weighted by Gasteiger charge is -2.35. The van der Waals surface area contributed by atoms with Crippen LogP contribution in [0.5, 0.6) is 0 Å². The fraction of sp³-hybridized carbons (Fsp3) is 0.619. The first-order valence-corrected chi connectivity index (χ1v) is 9.35. The molecule has 5 heteroatoms. The molecular formula is C21H31NO4. The molecule has 5 nitrogen and oxygen atoms in total. The average Bonchev–Trinajstić information content (AvgIpc) is 2.64. The standard InChI is InChI=1S/C21H31NO4/c1-20(2,3)17-6-4-16(5-7-17)18(24)8-9-19(25)22-14-21(15-23)10-12-26-13-11-21/h4-7,23H,8-15H2,1-3H3,(H,22,25). The van der Waals surface area contributed by atoms with E-state index in [2.05, 4.69) is 26.1 Å². The Balaban J connectivity index is 1.80. The first kappa shape index (κ1) is 20.6. The zero-order chi connectivity index (χ0) is 19.2. The highest BCUT2D eigenvalue weighted by molar-refractivity contribution is 5.98. The first-order valence-electron chi connectivity index (χ1n) is 9.35. The van der Waals surface area contributed by atoms with Crippen molar-refractivity contribution in [2.24, 2.45) is 5.41 Å². The summed E-state index contributed by atoms with van der Waals surface area (Å²) in [6.07, 6.45) is 1.83. The van der Waals surface area contributed by atoms with Crippen molar-refractivity contribution in [3.63, 3.8) is 0 Å². The molecule has 0 radical (unpaired) electrons. The van der Waals surface area contributed by atoms with Gasteiger partial charge in [0.2, 0.25) is 5.91 Å². The van der Waals surface area contributed by atoms with Crippen LogP contribution >= 0.6 is 0 Å². The van der Waals surface area contributed by atoms with E-state index in [-0.39, 0.29) is 42.0 Å². The lowest BCUT2D eigenvalue weighted by atomic mass is 9.81. The van der Waals surface area contributed by atoms with E-state index < -0.39 is 0 Å². The number of benzene rings is 1. The molecule has 1 aliphatic rings. The lowest BCUT2D eigenvalue weighted by Crippen LogP contribution is -2.43. The molecule has 1 fully saturated rings. The Morgan fingerprint density at radius 3 is 2.27 bits per heavy atom. The van der Waals surface area contributed by atoms with Gasteiger partial charge >= 0.3 is 0 Å². The van der Waals surface area contributed by atoms with Crippen molar-refractivity contribution < 1.29 is 19.4 Å². The number of ether oxygens (including phenoxy) is 1.